The summed E-state index contributed by atoms with van der Waals surface area (Å²) in [7, 11) is 0. The van der Waals surface area contributed by atoms with Gasteiger partial charge in [0.25, 0.3) is 0 Å². The maximum Gasteiger partial charge on any atom is 0.331 e. The topological polar surface area (TPSA) is 110 Å². The Morgan fingerprint density at radius 3 is 2.43 bits per heavy atom. The molecule has 2 aromatic rings. The number of benzene rings is 2. The summed E-state index contributed by atoms with van der Waals surface area (Å²) in [6.45, 7) is 1.92. The molecular formula is C21H21N7O2. The Hall–Kier alpha value is -4.27. The molecular weight excluding hydrogens is 382 g/mol. The van der Waals surface area contributed by atoms with Crippen molar-refractivity contribution in [3.63, 3.8) is 0 Å². The van der Waals surface area contributed by atoms with Gasteiger partial charge in [-0.15, -0.1) is 0 Å². The molecule has 0 fully saturated rings. The number of nitrogens with one attached hydrogen (secondary N) is 5. The average molecular weight is 403 g/mol. The molecule has 2 aliphatic rings. The minimum atomic E-state index is -0.351. The van der Waals surface area contributed by atoms with E-state index in [2.05, 4.69) is 31.8 Å². The van der Waals surface area contributed by atoms with Crippen molar-refractivity contribution in [1.82, 2.24) is 21.1 Å². The molecule has 0 aliphatic carbocycles. The number of hydrogen-bond donors (Lipinski definition) is 5. The van der Waals surface area contributed by atoms with Crippen molar-refractivity contribution in [2.75, 3.05) is 10.6 Å². The lowest BCUT2D eigenvalue weighted by atomic mass is 10.1. The van der Waals surface area contributed by atoms with Crippen molar-refractivity contribution < 1.29 is 9.59 Å². The second-order valence-corrected chi connectivity index (χ2v) is 6.71. The summed E-state index contributed by atoms with van der Waals surface area (Å²) >= 11 is 0. The predicted octanol–water partition coefficient (Wildman–Crippen LogP) is 3.24. The number of nitrogens with zero attached hydrogens (tertiary/aromatic N) is 2. The van der Waals surface area contributed by atoms with Crippen LogP contribution in [0, 0.1) is 0 Å². The van der Waals surface area contributed by atoms with Crippen molar-refractivity contribution in [1.29, 1.82) is 0 Å². The minimum absolute atomic E-state index is 0.121. The Balaban J connectivity index is 1.32. The van der Waals surface area contributed by atoms with Gasteiger partial charge in [0.05, 0.1) is 23.6 Å². The first kappa shape index (κ1) is 19.1. The average Bonchev–Trinajstić information content (AvgIpc) is 3.24. The Labute approximate surface area is 173 Å². The van der Waals surface area contributed by atoms with Crippen molar-refractivity contribution >= 4 is 29.8 Å². The lowest BCUT2D eigenvalue weighted by molar-refractivity contribution is 0.241. The SMILES string of the molecule is C[C@H](NC(=O)Nc1ccc(NC(=O)N2C=NC=C3NNC=C32)cc1)c1ccccc1. The molecule has 0 spiro atoms. The zero-order chi connectivity index (χ0) is 20.9. The van der Waals surface area contributed by atoms with Gasteiger partial charge in [-0.1, -0.05) is 30.3 Å². The number of amides is 4. The van der Waals surface area contributed by atoms with E-state index in [1.54, 1.807) is 36.7 Å². The zero-order valence-electron chi connectivity index (χ0n) is 16.2. The van der Waals surface area contributed by atoms with E-state index in [4.69, 9.17) is 0 Å². The van der Waals surface area contributed by atoms with Gasteiger partial charge < -0.3 is 21.4 Å². The first-order chi connectivity index (χ1) is 14.6. The maximum absolute atomic E-state index is 12.5. The van der Waals surface area contributed by atoms with Gasteiger partial charge in [0.2, 0.25) is 0 Å². The summed E-state index contributed by atoms with van der Waals surface area (Å²) in [5.74, 6) is 0. The fourth-order valence-corrected chi connectivity index (χ4v) is 3.03. The van der Waals surface area contributed by atoms with Crippen LogP contribution in [0.25, 0.3) is 0 Å². The van der Waals surface area contributed by atoms with E-state index in [1.165, 1.54) is 11.2 Å². The number of carbonyl (C=O) groups excluding carboxylic acids is 2. The third kappa shape index (κ3) is 4.25. The van der Waals surface area contributed by atoms with Gasteiger partial charge in [-0.05, 0) is 36.8 Å². The largest absolute Gasteiger partial charge is 0.331 e. The predicted molar refractivity (Wildman–Crippen MR) is 115 cm³/mol. The number of hydrogen-bond acceptors (Lipinski definition) is 5. The van der Waals surface area contributed by atoms with Crippen LogP contribution in [0.2, 0.25) is 0 Å². The van der Waals surface area contributed by atoms with E-state index in [-0.39, 0.29) is 18.1 Å². The van der Waals surface area contributed by atoms with Crippen molar-refractivity contribution in [3.8, 4) is 0 Å². The molecule has 0 unspecified atom stereocenters. The van der Waals surface area contributed by atoms with Crippen LogP contribution in [0.15, 0.2) is 83.4 Å². The van der Waals surface area contributed by atoms with Crippen LogP contribution in [-0.2, 0) is 0 Å². The van der Waals surface area contributed by atoms with Crippen LogP contribution in [0.4, 0.5) is 21.0 Å². The van der Waals surface area contributed by atoms with Crippen molar-refractivity contribution in [3.05, 3.63) is 84.0 Å². The van der Waals surface area contributed by atoms with Gasteiger partial charge in [-0.2, -0.15) is 0 Å². The molecule has 30 heavy (non-hydrogen) atoms. The molecule has 2 aromatic carbocycles. The van der Waals surface area contributed by atoms with Gasteiger partial charge in [0, 0.05) is 17.6 Å². The van der Waals surface area contributed by atoms with E-state index >= 15 is 0 Å². The summed E-state index contributed by atoms with van der Waals surface area (Å²) < 4.78 is 0. The van der Waals surface area contributed by atoms with Crippen LogP contribution in [0.5, 0.6) is 0 Å². The number of urea groups is 2. The molecule has 2 heterocycles. The highest BCUT2D eigenvalue weighted by atomic mass is 16.2. The summed E-state index contributed by atoms with van der Waals surface area (Å²) in [6.07, 6.45) is 4.74. The van der Waals surface area contributed by atoms with Crippen molar-refractivity contribution in [2.24, 2.45) is 4.99 Å². The number of carbonyl (C=O) groups is 2. The van der Waals surface area contributed by atoms with E-state index < -0.39 is 0 Å². The fraction of sp³-hybridized carbons (Fsp3) is 0.0952. The highest BCUT2D eigenvalue weighted by Crippen LogP contribution is 2.20. The van der Waals surface area contributed by atoms with Gasteiger partial charge >= 0.3 is 12.1 Å². The molecule has 9 heteroatoms. The Kier molecular flexibility index (Phi) is 5.33. The molecule has 2 aliphatic heterocycles. The maximum atomic E-state index is 12.5. The summed E-state index contributed by atoms with van der Waals surface area (Å²) in [6, 6.07) is 15.8. The molecule has 0 aromatic heterocycles. The third-order valence-corrected chi connectivity index (χ3v) is 4.60. The number of anilines is 2. The Morgan fingerprint density at radius 2 is 1.70 bits per heavy atom. The van der Waals surface area contributed by atoms with Crippen LogP contribution in [0.1, 0.15) is 18.5 Å². The monoisotopic (exact) mass is 403 g/mol. The normalized spacial score (nSPS) is 15.0. The molecule has 1 atom stereocenters. The molecule has 0 saturated heterocycles. The molecule has 0 saturated carbocycles. The fourth-order valence-electron chi connectivity index (χ4n) is 3.03. The smallest absolute Gasteiger partial charge is 0.331 e. The van der Waals surface area contributed by atoms with E-state index in [9.17, 15) is 9.59 Å². The van der Waals surface area contributed by atoms with Crippen LogP contribution >= 0.6 is 0 Å². The second kappa shape index (κ2) is 8.39. The van der Waals surface area contributed by atoms with Gasteiger partial charge in [-0.25, -0.2) is 19.5 Å². The summed E-state index contributed by atoms with van der Waals surface area (Å²) in [5, 5.41) is 8.48. The molecule has 4 rings (SSSR count). The highest BCUT2D eigenvalue weighted by molar-refractivity contribution is 5.99. The highest BCUT2D eigenvalue weighted by Gasteiger charge is 2.25. The standard InChI is InChI=1S/C21H21N7O2/c1-14(15-5-3-2-4-6-15)24-20(29)25-16-7-9-17(10-8-16)26-21(30)28-13-22-11-18-19(28)12-23-27-18/h2-14,23,27H,1H3,(H,26,30)(H2,24,25,29)/t14-/m0/s1. The lowest BCUT2D eigenvalue weighted by Gasteiger charge is -2.21. The molecule has 0 bridgehead atoms. The molecule has 4 amide bonds. The van der Waals surface area contributed by atoms with E-state index in [0.29, 0.717) is 22.8 Å². The Bertz CT molecular complexity index is 1030. The number of rotatable bonds is 4. The van der Waals surface area contributed by atoms with Crippen molar-refractivity contribution in [2.45, 2.75) is 13.0 Å². The van der Waals surface area contributed by atoms with Gasteiger partial charge in [0.15, 0.2) is 0 Å². The van der Waals surface area contributed by atoms with E-state index in [0.717, 1.165) is 5.56 Å². The van der Waals surface area contributed by atoms with Gasteiger partial charge in [0.1, 0.15) is 6.34 Å². The first-order valence-electron chi connectivity index (χ1n) is 9.38. The Morgan fingerprint density at radius 1 is 1.00 bits per heavy atom. The number of hydrazine groups is 1. The molecule has 9 nitrogen and oxygen atoms in total. The summed E-state index contributed by atoms with van der Waals surface area (Å²) in [5.41, 5.74) is 9.34. The number of aliphatic imine (C=N–C) groups is 1. The molecule has 152 valence electrons. The third-order valence-electron chi connectivity index (χ3n) is 4.60. The second-order valence-electron chi connectivity index (χ2n) is 6.71. The zero-order valence-corrected chi connectivity index (χ0v) is 16.2. The minimum Gasteiger partial charge on any atom is -0.331 e. The quantitative estimate of drug-likeness (QED) is 0.540. The number of fused-ring (bicyclic) bond motifs is 1. The molecule has 5 N–H and O–H groups in total. The van der Waals surface area contributed by atoms with Crippen LogP contribution in [0.3, 0.4) is 0 Å². The van der Waals surface area contributed by atoms with E-state index in [1.807, 2.05) is 37.3 Å². The van der Waals surface area contributed by atoms with Gasteiger partial charge in [-0.3, -0.25) is 5.43 Å². The molecule has 0 radical (unpaired) electrons. The van der Waals surface area contributed by atoms with Crippen LogP contribution < -0.4 is 26.8 Å². The first-order valence-corrected chi connectivity index (χ1v) is 9.38. The van der Waals surface area contributed by atoms with Crippen LogP contribution in [-0.4, -0.2) is 23.3 Å². The lowest BCUT2D eigenvalue weighted by Crippen LogP contribution is -2.35. The summed E-state index contributed by atoms with van der Waals surface area (Å²) in [4.78, 5) is 30.2.